The van der Waals surface area contributed by atoms with Crippen LogP contribution in [0.2, 0.25) is 0 Å². The lowest BCUT2D eigenvalue weighted by atomic mass is 10.1. The van der Waals surface area contributed by atoms with E-state index in [1.165, 1.54) is 6.07 Å². The lowest BCUT2D eigenvalue weighted by Gasteiger charge is -2.09. The predicted octanol–water partition coefficient (Wildman–Crippen LogP) is 1.91. The van der Waals surface area contributed by atoms with Crippen molar-refractivity contribution in [1.82, 2.24) is 4.72 Å². The minimum absolute atomic E-state index is 0.182. The Labute approximate surface area is 99.7 Å². The van der Waals surface area contributed by atoms with E-state index in [2.05, 4.69) is 4.72 Å². The van der Waals surface area contributed by atoms with E-state index in [0.717, 1.165) is 16.2 Å². The monoisotopic (exact) mass is 261 g/mol. The van der Waals surface area contributed by atoms with Crippen LogP contribution in [0.3, 0.4) is 0 Å². The van der Waals surface area contributed by atoms with E-state index < -0.39 is 15.9 Å². The van der Waals surface area contributed by atoms with E-state index >= 15 is 0 Å². The zero-order valence-electron chi connectivity index (χ0n) is 9.48. The Morgan fingerprint density at radius 2 is 2.12 bits per heavy atom. The Bertz CT molecular complexity index is 476. The summed E-state index contributed by atoms with van der Waals surface area (Å²) >= 11 is 1.15. The third kappa shape index (κ3) is 3.05. The molecule has 90 valence electrons. The molecule has 0 fully saturated rings. The topological polar surface area (TPSA) is 63.2 Å². The van der Waals surface area contributed by atoms with Gasteiger partial charge in [-0.25, -0.2) is 13.1 Å². The van der Waals surface area contributed by atoms with Crippen molar-refractivity contribution in [2.45, 2.75) is 31.4 Å². The van der Waals surface area contributed by atoms with Gasteiger partial charge in [0.15, 0.2) is 0 Å². The van der Waals surface area contributed by atoms with Gasteiger partial charge in [0.2, 0.25) is 5.91 Å². The molecule has 0 bridgehead atoms. The lowest BCUT2D eigenvalue weighted by molar-refractivity contribution is -0.122. The molecule has 1 N–H and O–H groups in total. The van der Waals surface area contributed by atoms with Crippen LogP contribution in [0.15, 0.2) is 16.3 Å². The number of nitrogens with one attached hydrogen (secondary N) is 1. The molecule has 0 aliphatic heterocycles. The van der Waals surface area contributed by atoms with Gasteiger partial charge in [-0.2, -0.15) is 0 Å². The van der Waals surface area contributed by atoms with Crippen molar-refractivity contribution in [3.05, 3.63) is 17.0 Å². The molecule has 1 unspecified atom stereocenters. The summed E-state index contributed by atoms with van der Waals surface area (Å²) in [6.07, 6.45) is 0.616. The van der Waals surface area contributed by atoms with Crippen LogP contribution < -0.4 is 4.72 Å². The standard InChI is InChI=1S/C10H15NO3S2/c1-4-7(2)10(12)11-16(13,14)9-6-5-8(3)15-9/h5-7H,4H2,1-3H3,(H,11,12). The van der Waals surface area contributed by atoms with E-state index in [1.54, 1.807) is 13.0 Å². The van der Waals surface area contributed by atoms with Gasteiger partial charge in [-0.05, 0) is 25.5 Å². The van der Waals surface area contributed by atoms with Crippen molar-refractivity contribution >= 4 is 27.3 Å². The lowest BCUT2D eigenvalue weighted by Crippen LogP contribution is -2.34. The Morgan fingerprint density at radius 1 is 1.50 bits per heavy atom. The second kappa shape index (κ2) is 4.97. The van der Waals surface area contributed by atoms with Crippen LogP contribution in [0.1, 0.15) is 25.1 Å². The normalized spacial score (nSPS) is 13.4. The summed E-state index contributed by atoms with van der Waals surface area (Å²) in [5, 5.41) is 0. The molecule has 1 amide bonds. The van der Waals surface area contributed by atoms with Crippen LogP contribution in [0.4, 0.5) is 0 Å². The van der Waals surface area contributed by atoms with Gasteiger partial charge >= 0.3 is 0 Å². The first-order valence-corrected chi connectivity index (χ1v) is 7.30. The Hall–Kier alpha value is -0.880. The maximum Gasteiger partial charge on any atom is 0.273 e. The van der Waals surface area contributed by atoms with Crippen LogP contribution in [-0.4, -0.2) is 14.3 Å². The number of sulfonamides is 1. The average Bonchev–Trinajstić information content (AvgIpc) is 2.63. The zero-order chi connectivity index (χ0) is 12.3. The van der Waals surface area contributed by atoms with Crippen molar-refractivity contribution < 1.29 is 13.2 Å². The number of amides is 1. The first-order valence-electron chi connectivity index (χ1n) is 5.00. The van der Waals surface area contributed by atoms with E-state index in [1.807, 2.05) is 13.8 Å². The largest absolute Gasteiger partial charge is 0.274 e. The van der Waals surface area contributed by atoms with Crippen molar-refractivity contribution in [3.8, 4) is 0 Å². The summed E-state index contributed by atoms with van der Waals surface area (Å²) in [6, 6.07) is 3.22. The van der Waals surface area contributed by atoms with Crippen molar-refractivity contribution in [2.24, 2.45) is 5.92 Å². The van der Waals surface area contributed by atoms with Crippen LogP contribution in [-0.2, 0) is 14.8 Å². The van der Waals surface area contributed by atoms with E-state index in [0.29, 0.717) is 6.42 Å². The van der Waals surface area contributed by atoms with Crippen LogP contribution in [0.25, 0.3) is 0 Å². The Morgan fingerprint density at radius 3 is 2.56 bits per heavy atom. The molecular weight excluding hydrogens is 246 g/mol. The molecule has 4 nitrogen and oxygen atoms in total. The van der Waals surface area contributed by atoms with Crippen molar-refractivity contribution in [3.63, 3.8) is 0 Å². The molecule has 1 rings (SSSR count). The van der Waals surface area contributed by atoms with Gasteiger partial charge in [0.25, 0.3) is 10.0 Å². The smallest absolute Gasteiger partial charge is 0.273 e. The quantitative estimate of drug-likeness (QED) is 0.900. The van der Waals surface area contributed by atoms with Crippen LogP contribution in [0, 0.1) is 12.8 Å². The maximum absolute atomic E-state index is 11.8. The minimum atomic E-state index is -3.67. The maximum atomic E-state index is 11.8. The number of aryl methyl sites for hydroxylation is 1. The molecule has 0 saturated carbocycles. The summed E-state index contributed by atoms with van der Waals surface area (Å²) < 4.78 is 25.8. The molecule has 1 atom stereocenters. The molecule has 16 heavy (non-hydrogen) atoms. The van der Waals surface area contributed by atoms with E-state index in [9.17, 15) is 13.2 Å². The molecule has 0 aliphatic rings. The highest BCUT2D eigenvalue weighted by Crippen LogP contribution is 2.20. The molecule has 1 aromatic rings. The molecule has 0 aliphatic carbocycles. The summed E-state index contributed by atoms with van der Waals surface area (Å²) in [5.74, 6) is -0.746. The van der Waals surface area contributed by atoms with Gasteiger partial charge in [0.1, 0.15) is 4.21 Å². The molecular formula is C10H15NO3S2. The number of carbonyl (C=O) groups is 1. The Kier molecular flexibility index (Phi) is 4.09. The van der Waals surface area contributed by atoms with Gasteiger partial charge in [0.05, 0.1) is 0 Å². The SMILES string of the molecule is CCC(C)C(=O)NS(=O)(=O)c1ccc(C)s1. The third-order valence-corrected chi connectivity index (χ3v) is 5.11. The first-order chi connectivity index (χ1) is 7.36. The highest BCUT2D eigenvalue weighted by molar-refractivity contribution is 7.92. The van der Waals surface area contributed by atoms with E-state index in [4.69, 9.17) is 0 Å². The molecule has 0 saturated heterocycles. The molecule has 0 spiro atoms. The predicted molar refractivity (Wildman–Crippen MR) is 63.8 cm³/mol. The fraction of sp³-hybridized carbons (Fsp3) is 0.500. The van der Waals surface area contributed by atoms with Crippen LogP contribution in [0.5, 0.6) is 0 Å². The minimum Gasteiger partial charge on any atom is -0.274 e. The highest BCUT2D eigenvalue weighted by Gasteiger charge is 2.21. The molecule has 0 aromatic carbocycles. The fourth-order valence-corrected chi connectivity index (χ4v) is 3.39. The van der Waals surface area contributed by atoms with Gasteiger partial charge < -0.3 is 0 Å². The zero-order valence-corrected chi connectivity index (χ0v) is 11.1. The summed E-state index contributed by atoms with van der Waals surface area (Å²) in [7, 11) is -3.67. The summed E-state index contributed by atoms with van der Waals surface area (Å²) in [5.41, 5.74) is 0. The number of hydrogen-bond donors (Lipinski definition) is 1. The van der Waals surface area contributed by atoms with Gasteiger partial charge in [-0.3, -0.25) is 4.79 Å². The van der Waals surface area contributed by atoms with Crippen molar-refractivity contribution in [1.29, 1.82) is 0 Å². The van der Waals surface area contributed by atoms with Gasteiger partial charge in [-0.1, -0.05) is 13.8 Å². The molecule has 0 radical (unpaired) electrons. The second-order valence-corrected chi connectivity index (χ2v) is 6.84. The number of rotatable bonds is 4. The van der Waals surface area contributed by atoms with Crippen LogP contribution >= 0.6 is 11.3 Å². The van der Waals surface area contributed by atoms with Gasteiger partial charge in [0, 0.05) is 10.8 Å². The highest BCUT2D eigenvalue weighted by atomic mass is 32.2. The molecule has 1 heterocycles. The summed E-state index contributed by atoms with van der Waals surface area (Å²) in [4.78, 5) is 12.4. The first kappa shape index (κ1) is 13.2. The number of carbonyl (C=O) groups excluding carboxylic acids is 1. The van der Waals surface area contributed by atoms with Crippen molar-refractivity contribution in [2.75, 3.05) is 0 Å². The molecule has 6 heteroatoms. The number of thiophene rings is 1. The average molecular weight is 261 g/mol. The summed E-state index contributed by atoms with van der Waals surface area (Å²) in [6.45, 7) is 5.36. The third-order valence-electron chi connectivity index (χ3n) is 2.28. The fourth-order valence-electron chi connectivity index (χ4n) is 1.03. The second-order valence-electron chi connectivity index (χ2n) is 3.64. The Balaban J connectivity index is 2.85. The number of hydrogen-bond acceptors (Lipinski definition) is 4. The van der Waals surface area contributed by atoms with E-state index in [-0.39, 0.29) is 10.1 Å². The molecule has 1 aromatic heterocycles. The van der Waals surface area contributed by atoms with Gasteiger partial charge in [-0.15, -0.1) is 11.3 Å².